The summed E-state index contributed by atoms with van der Waals surface area (Å²) in [5, 5.41) is 18.6. The van der Waals surface area contributed by atoms with Crippen molar-refractivity contribution in [1.82, 2.24) is 9.80 Å². The van der Waals surface area contributed by atoms with Crippen molar-refractivity contribution >= 4 is 12.0 Å². The van der Waals surface area contributed by atoms with Gasteiger partial charge in [0.05, 0.1) is 18.8 Å². The Morgan fingerprint density at radius 2 is 2.17 bits per heavy atom. The molecule has 7 nitrogen and oxygen atoms in total. The Kier molecular flexibility index (Phi) is 3.72. The number of aliphatic hydroxyl groups is 1. The molecule has 3 atom stereocenters. The van der Waals surface area contributed by atoms with Crippen LogP contribution in [0.5, 0.6) is 0 Å². The minimum absolute atomic E-state index is 0.00955. The maximum Gasteiger partial charge on any atom is 0.326 e. The van der Waals surface area contributed by atoms with Crippen molar-refractivity contribution in [3.8, 4) is 0 Å². The molecule has 0 bridgehead atoms. The Morgan fingerprint density at radius 1 is 1.44 bits per heavy atom. The maximum absolute atomic E-state index is 12.2. The molecular weight excluding hydrogens is 240 g/mol. The van der Waals surface area contributed by atoms with Gasteiger partial charge in [0, 0.05) is 26.6 Å². The number of carbonyl (C=O) groups is 2. The number of likely N-dealkylation sites (N-methyl/N-ethyl adjacent to an activating group) is 1. The fourth-order valence-corrected chi connectivity index (χ4v) is 2.45. The first kappa shape index (κ1) is 13.1. The number of likely N-dealkylation sites (tertiary alicyclic amines) is 1. The zero-order valence-electron chi connectivity index (χ0n) is 10.3. The van der Waals surface area contributed by atoms with Gasteiger partial charge in [-0.3, -0.25) is 0 Å². The number of hydrogen-bond donors (Lipinski definition) is 2. The number of amides is 2. The topological polar surface area (TPSA) is 90.3 Å². The standard InChI is InChI=1S/C11H18N2O5/c1-12(7-2-3-18-6-7)11(17)13-5-8(14)4-9(13)10(15)16/h7-9,14H,2-6H2,1H3,(H,15,16)/t7?,8-,9-/m0/s1. The molecule has 2 rings (SSSR count). The molecule has 0 aliphatic carbocycles. The second-order valence-corrected chi connectivity index (χ2v) is 4.81. The monoisotopic (exact) mass is 258 g/mol. The van der Waals surface area contributed by atoms with E-state index < -0.39 is 18.1 Å². The lowest BCUT2D eigenvalue weighted by molar-refractivity contribution is -0.141. The van der Waals surface area contributed by atoms with E-state index in [0.29, 0.717) is 13.2 Å². The molecule has 0 radical (unpaired) electrons. The third-order valence-corrected chi connectivity index (χ3v) is 3.56. The van der Waals surface area contributed by atoms with Gasteiger partial charge in [-0.05, 0) is 6.42 Å². The Bertz CT molecular complexity index is 342. The van der Waals surface area contributed by atoms with Crippen LogP contribution in [0.4, 0.5) is 4.79 Å². The highest BCUT2D eigenvalue weighted by Gasteiger charge is 2.41. The number of urea groups is 1. The highest BCUT2D eigenvalue weighted by Crippen LogP contribution is 2.21. The van der Waals surface area contributed by atoms with E-state index in [0.717, 1.165) is 6.42 Å². The largest absolute Gasteiger partial charge is 0.480 e. The minimum atomic E-state index is -1.07. The Labute approximate surface area is 105 Å². The maximum atomic E-state index is 12.2. The molecule has 7 heteroatoms. The summed E-state index contributed by atoms with van der Waals surface area (Å²) in [6, 6.07) is -1.29. The second kappa shape index (κ2) is 5.11. The van der Waals surface area contributed by atoms with Crippen molar-refractivity contribution in [1.29, 1.82) is 0 Å². The number of aliphatic carboxylic acids is 1. The van der Waals surface area contributed by atoms with Gasteiger partial charge in [-0.15, -0.1) is 0 Å². The van der Waals surface area contributed by atoms with Gasteiger partial charge in [0.15, 0.2) is 0 Å². The lowest BCUT2D eigenvalue weighted by Crippen LogP contribution is -2.50. The van der Waals surface area contributed by atoms with Crippen molar-refractivity contribution in [2.45, 2.75) is 31.0 Å². The SMILES string of the molecule is CN(C(=O)N1C[C@@H](O)C[C@H]1C(=O)O)C1CCOC1. The molecule has 1 unspecified atom stereocenters. The number of carbonyl (C=O) groups excluding carboxylic acids is 1. The van der Waals surface area contributed by atoms with E-state index in [4.69, 9.17) is 9.84 Å². The summed E-state index contributed by atoms with van der Waals surface area (Å²) in [6.07, 6.45) is 0.0928. The Hall–Kier alpha value is -1.34. The van der Waals surface area contributed by atoms with Crippen LogP contribution in [0.25, 0.3) is 0 Å². The van der Waals surface area contributed by atoms with Gasteiger partial charge in [0.2, 0.25) is 0 Å². The molecule has 2 heterocycles. The molecule has 2 aliphatic heterocycles. The highest BCUT2D eigenvalue weighted by molar-refractivity contribution is 5.83. The van der Waals surface area contributed by atoms with E-state index in [-0.39, 0.29) is 25.0 Å². The lowest BCUT2D eigenvalue weighted by Gasteiger charge is -2.30. The average Bonchev–Trinajstić information content (AvgIpc) is 2.95. The zero-order valence-corrected chi connectivity index (χ0v) is 10.3. The summed E-state index contributed by atoms with van der Waals surface area (Å²) < 4.78 is 5.21. The number of aliphatic hydroxyl groups excluding tert-OH is 1. The minimum Gasteiger partial charge on any atom is -0.480 e. The second-order valence-electron chi connectivity index (χ2n) is 4.81. The van der Waals surface area contributed by atoms with Gasteiger partial charge < -0.3 is 24.7 Å². The predicted octanol–water partition coefficient (Wildman–Crippen LogP) is -0.653. The fraction of sp³-hybridized carbons (Fsp3) is 0.818. The van der Waals surface area contributed by atoms with Gasteiger partial charge in [0.1, 0.15) is 6.04 Å². The number of ether oxygens (including phenoxy) is 1. The van der Waals surface area contributed by atoms with Crippen molar-refractivity contribution < 1.29 is 24.5 Å². The number of nitrogens with zero attached hydrogens (tertiary/aromatic N) is 2. The summed E-state index contributed by atoms with van der Waals surface area (Å²) in [5.74, 6) is -1.07. The number of carboxylic acids is 1. The lowest BCUT2D eigenvalue weighted by atomic mass is 10.2. The summed E-state index contributed by atoms with van der Waals surface area (Å²) in [4.78, 5) is 26.0. The number of β-amino-alcohol motifs (C(OH)–C–C–N with tert-alkyl or cyclic N) is 1. The normalized spacial score (nSPS) is 31.7. The molecule has 2 aliphatic rings. The molecule has 2 saturated heterocycles. The highest BCUT2D eigenvalue weighted by atomic mass is 16.5. The van der Waals surface area contributed by atoms with Crippen LogP contribution in [-0.4, -0.2) is 77.0 Å². The smallest absolute Gasteiger partial charge is 0.326 e. The van der Waals surface area contributed by atoms with Crippen LogP contribution in [0.1, 0.15) is 12.8 Å². The van der Waals surface area contributed by atoms with Gasteiger partial charge in [0.25, 0.3) is 0 Å². The van der Waals surface area contributed by atoms with Crippen molar-refractivity contribution in [2.24, 2.45) is 0 Å². The van der Waals surface area contributed by atoms with Crippen LogP contribution in [-0.2, 0) is 9.53 Å². The van der Waals surface area contributed by atoms with Crippen molar-refractivity contribution in [3.05, 3.63) is 0 Å². The Morgan fingerprint density at radius 3 is 2.72 bits per heavy atom. The zero-order chi connectivity index (χ0) is 13.3. The van der Waals surface area contributed by atoms with E-state index in [1.165, 1.54) is 9.80 Å². The molecule has 0 saturated carbocycles. The average molecular weight is 258 g/mol. The summed E-state index contributed by atoms with van der Waals surface area (Å²) >= 11 is 0. The summed E-state index contributed by atoms with van der Waals surface area (Å²) in [5.41, 5.74) is 0. The molecule has 2 N–H and O–H groups in total. The molecule has 0 aromatic rings. The van der Waals surface area contributed by atoms with E-state index >= 15 is 0 Å². The number of rotatable bonds is 2. The Balaban J connectivity index is 2.04. The quantitative estimate of drug-likeness (QED) is 0.686. The van der Waals surface area contributed by atoms with E-state index in [9.17, 15) is 14.7 Å². The van der Waals surface area contributed by atoms with Crippen LogP contribution < -0.4 is 0 Å². The van der Waals surface area contributed by atoms with Gasteiger partial charge in [-0.25, -0.2) is 9.59 Å². The fourth-order valence-electron chi connectivity index (χ4n) is 2.45. The van der Waals surface area contributed by atoms with Crippen molar-refractivity contribution in [3.63, 3.8) is 0 Å². The third kappa shape index (κ3) is 2.41. The molecule has 0 spiro atoms. The number of hydrogen-bond acceptors (Lipinski definition) is 4. The number of carboxylic acid groups (broad SMARTS) is 1. The molecule has 2 fully saturated rings. The molecule has 0 aromatic carbocycles. The molecule has 18 heavy (non-hydrogen) atoms. The third-order valence-electron chi connectivity index (χ3n) is 3.56. The summed E-state index contributed by atoms with van der Waals surface area (Å²) in [6.45, 7) is 1.18. The first-order valence-electron chi connectivity index (χ1n) is 6.02. The van der Waals surface area contributed by atoms with E-state index in [1.807, 2.05) is 0 Å². The van der Waals surface area contributed by atoms with Gasteiger partial charge >= 0.3 is 12.0 Å². The van der Waals surface area contributed by atoms with Crippen LogP contribution in [0.3, 0.4) is 0 Å². The predicted molar refractivity (Wildman–Crippen MR) is 61.1 cm³/mol. The van der Waals surface area contributed by atoms with Crippen LogP contribution in [0, 0.1) is 0 Å². The summed E-state index contributed by atoms with van der Waals surface area (Å²) in [7, 11) is 1.64. The molecule has 2 amide bonds. The van der Waals surface area contributed by atoms with E-state index in [1.54, 1.807) is 7.05 Å². The van der Waals surface area contributed by atoms with Crippen LogP contribution >= 0.6 is 0 Å². The van der Waals surface area contributed by atoms with Crippen molar-refractivity contribution in [2.75, 3.05) is 26.8 Å². The molecular formula is C11H18N2O5. The van der Waals surface area contributed by atoms with Crippen LogP contribution in [0.15, 0.2) is 0 Å². The van der Waals surface area contributed by atoms with Gasteiger partial charge in [-0.1, -0.05) is 0 Å². The molecule has 0 aromatic heterocycles. The van der Waals surface area contributed by atoms with E-state index in [2.05, 4.69) is 0 Å². The van der Waals surface area contributed by atoms with Crippen LogP contribution in [0.2, 0.25) is 0 Å². The first-order valence-corrected chi connectivity index (χ1v) is 6.02. The van der Waals surface area contributed by atoms with Gasteiger partial charge in [-0.2, -0.15) is 0 Å². The first-order chi connectivity index (χ1) is 8.50. The molecule has 102 valence electrons.